The van der Waals surface area contributed by atoms with Gasteiger partial charge in [0.05, 0.1) is 17.2 Å². The van der Waals surface area contributed by atoms with E-state index in [-0.39, 0.29) is 11.3 Å². The molecule has 2 aromatic rings. The molecule has 114 valence electrons. The van der Waals surface area contributed by atoms with Crippen LogP contribution in [0.25, 0.3) is 0 Å². The van der Waals surface area contributed by atoms with Gasteiger partial charge in [-0.3, -0.25) is 0 Å². The zero-order valence-electron chi connectivity index (χ0n) is 11.5. The van der Waals surface area contributed by atoms with Gasteiger partial charge in [0.2, 0.25) is 0 Å². The summed E-state index contributed by atoms with van der Waals surface area (Å²) in [6.07, 6.45) is -5.43. The van der Waals surface area contributed by atoms with Crippen molar-refractivity contribution in [2.24, 2.45) is 0 Å². The van der Waals surface area contributed by atoms with E-state index >= 15 is 0 Å². The van der Waals surface area contributed by atoms with Gasteiger partial charge in [-0.25, -0.2) is 4.39 Å². The molecule has 0 aliphatic rings. The summed E-state index contributed by atoms with van der Waals surface area (Å²) in [4.78, 5) is 0. The molecule has 2 rings (SSSR count). The van der Waals surface area contributed by atoms with E-state index in [0.29, 0.717) is 0 Å². The van der Waals surface area contributed by atoms with E-state index in [1.165, 1.54) is 37.3 Å². The van der Waals surface area contributed by atoms with E-state index < -0.39 is 29.2 Å². The summed E-state index contributed by atoms with van der Waals surface area (Å²) >= 11 is 0. The van der Waals surface area contributed by atoms with Gasteiger partial charge in [-0.05, 0) is 31.2 Å². The minimum Gasteiger partial charge on any atom is -0.486 e. The van der Waals surface area contributed by atoms with Crippen LogP contribution in [0.5, 0.6) is 5.75 Å². The van der Waals surface area contributed by atoms with Gasteiger partial charge in [-0.1, -0.05) is 18.2 Å². The molecule has 2 nitrogen and oxygen atoms in total. The van der Waals surface area contributed by atoms with E-state index in [9.17, 15) is 17.6 Å². The van der Waals surface area contributed by atoms with Crippen LogP contribution in [0.15, 0.2) is 42.5 Å². The molecule has 2 aromatic carbocycles. The Kier molecular flexibility index (Phi) is 4.36. The first-order chi connectivity index (χ1) is 10.3. The van der Waals surface area contributed by atoms with E-state index in [1.807, 2.05) is 0 Å². The molecular weight excluding hydrogens is 298 g/mol. The largest absolute Gasteiger partial charge is 0.486 e. The van der Waals surface area contributed by atoms with Crippen molar-refractivity contribution in [1.82, 2.24) is 0 Å². The molecule has 0 heterocycles. The molecule has 1 atom stereocenters. The SMILES string of the molecule is CC(Oc1ccc(C#N)c(C(F)(F)F)c1)c1ccccc1F. The molecule has 22 heavy (non-hydrogen) atoms. The number of ether oxygens (including phenoxy) is 1. The van der Waals surface area contributed by atoms with Gasteiger partial charge >= 0.3 is 6.18 Å². The Bertz CT molecular complexity index is 719. The minimum absolute atomic E-state index is 0.0814. The standard InChI is InChI=1S/C16H11F4NO/c1-10(13-4-2-3-5-15(13)17)22-12-7-6-11(9-21)14(8-12)16(18,19)20/h2-8,10H,1H3. The zero-order valence-corrected chi connectivity index (χ0v) is 11.5. The van der Waals surface area contributed by atoms with Crippen LogP contribution in [-0.2, 0) is 6.18 Å². The van der Waals surface area contributed by atoms with Gasteiger partial charge in [0, 0.05) is 5.56 Å². The van der Waals surface area contributed by atoms with Gasteiger partial charge in [0.25, 0.3) is 0 Å². The second-order valence-corrected chi connectivity index (χ2v) is 4.60. The first-order valence-corrected chi connectivity index (χ1v) is 6.35. The second kappa shape index (κ2) is 6.06. The predicted molar refractivity (Wildman–Crippen MR) is 71.6 cm³/mol. The summed E-state index contributed by atoms with van der Waals surface area (Å²) in [5.41, 5.74) is -1.33. The van der Waals surface area contributed by atoms with Crippen molar-refractivity contribution < 1.29 is 22.3 Å². The van der Waals surface area contributed by atoms with Crippen molar-refractivity contribution in [3.05, 3.63) is 65.0 Å². The molecule has 6 heteroatoms. The molecule has 0 aliphatic carbocycles. The fourth-order valence-electron chi connectivity index (χ4n) is 2.00. The van der Waals surface area contributed by atoms with E-state index in [0.717, 1.165) is 12.1 Å². The van der Waals surface area contributed by atoms with Crippen LogP contribution in [0.1, 0.15) is 29.7 Å². The number of hydrogen-bond donors (Lipinski definition) is 0. The van der Waals surface area contributed by atoms with Crippen LogP contribution in [0.4, 0.5) is 17.6 Å². The molecule has 0 N–H and O–H groups in total. The first-order valence-electron chi connectivity index (χ1n) is 6.35. The number of benzene rings is 2. The summed E-state index contributed by atoms with van der Waals surface area (Å²) in [5.74, 6) is -0.582. The van der Waals surface area contributed by atoms with E-state index in [2.05, 4.69) is 0 Å². The molecule has 0 amide bonds. The number of alkyl halides is 3. The Morgan fingerprint density at radius 2 is 1.82 bits per heavy atom. The van der Waals surface area contributed by atoms with E-state index in [4.69, 9.17) is 10.00 Å². The summed E-state index contributed by atoms with van der Waals surface area (Å²) in [6, 6.07) is 10.4. The average molecular weight is 309 g/mol. The monoisotopic (exact) mass is 309 g/mol. The van der Waals surface area contributed by atoms with Crippen LogP contribution in [-0.4, -0.2) is 0 Å². The molecule has 0 radical (unpaired) electrons. The summed E-state index contributed by atoms with van der Waals surface area (Å²) in [7, 11) is 0. The number of nitrogens with zero attached hydrogens (tertiary/aromatic N) is 1. The summed E-state index contributed by atoms with van der Waals surface area (Å²) in [5, 5.41) is 8.73. The molecule has 0 spiro atoms. The van der Waals surface area contributed by atoms with Crippen molar-refractivity contribution >= 4 is 0 Å². The molecule has 0 aliphatic heterocycles. The Balaban J connectivity index is 2.31. The normalized spacial score (nSPS) is 12.5. The Morgan fingerprint density at radius 3 is 2.41 bits per heavy atom. The highest BCUT2D eigenvalue weighted by molar-refractivity contribution is 5.44. The molecule has 0 saturated carbocycles. The Morgan fingerprint density at radius 1 is 1.14 bits per heavy atom. The molecule has 0 bridgehead atoms. The van der Waals surface area contributed by atoms with Crippen LogP contribution in [0.3, 0.4) is 0 Å². The van der Waals surface area contributed by atoms with Crippen LogP contribution < -0.4 is 4.74 Å². The highest BCUT2D eigenvalue weighted by Crippen LogP contribution is 2.35. The third-order valence-electron chi connectivity index (χ3n) is 3.07. The minimum atomic E-state index is -4.66. The number of rotatable bonds is 3. The summed E-state index contributed by atoms with van der Waals surface area (Å²) in [6.45, 7) is 1.53. The highest BCUT2D eigenvalue weighted by Gasteiger charge is 2.34. The molecule has 0 saturated heterocycles. The zero-order chi connectivity index (χ0) is 16.3. The quantitative estimate of drug-likeness (QED) is 0.759. The third kappa shape index (κ3) is 3.37. The third-order valence-corrected chi connectivity index (χ3v) is 3.07. The van der Waals surface area contributed by atoms with Crippen molar-refractivity contribution in [1.29, 1.82) is 5.26 Å². The fourth-order valence-corrected chi connectivity index (χ4v) is 2.00. The van der Waals surface area contributed by atoms with Crippen molar-refractivity contribution in [2.75, 3.05) is 0 Å². The maximum atomic E-state index is 13.6. The molecule has 0 aromatic heterocycles. The van der Waals surface area contributed by atoms with Gasteiger partial charge in [0.15, 0.2) is 0 Å². The number of nitriles is 1. The molecule has 1 unspecified atom stereocenters. The second-order valence-electron chi connectivity index (χ2n) is 4.60. The lowest BCUT2D eigenvalue weighted by atomic mass is 10.1. The highest BCUT2D eigenvalue weighted by atomic mass is 19.4. The topological polar surface area (TPSA) is 33.0 Å². The van der Waals surface area contributed by atoms with Crippen molar-refractivity contribution in [3.63, 3.8) is 0 Å². The van der Waals surface area contributed by atoms with Crippen molar-refractivity contribution in [2.45, 2.75) is 19.2 Å². The maximum Gasteiger partial charge on any atom is 0.417 e. The number of halogens is 4. The molecular formula is C16H11F4NO. The first kappa shape index (κ1) is 15.8. The molecule has 0 fully saturated rings. The number of hydrogen-bond acceptors (Lipinski definition) is 2. The maximum absolute atomic E-state index is 13.6. The lowest BCUT2D eigenvalue weighted by Crippen LogP contribution is -2.10. The lowest BCUT2D eigenvalue weighted by molar-refractivity contribution is -0.137. The van der Waals surface area contributed by atoms with Crippen LogP contribution >= 0.6 is 0 Å². The Hall–Kier alpha value is -2.55. The van der Waals surface area contributed by atoms with Gasteiger partial charge in [0.1, 0.15) is 17.7 Å². The lowest BCUT2D eigenvalue weighted by Gasteiger charge is -2.17. The smallest absolute Gasteiger partial charge is 0.417 e. The van der Waals surface area contributed by atoms with Crippen molar-refractivity contribution in [3.8, 4) is 11.8 Å². The Labute approximate surface area is 124 Å². The fraction of sp³-hybridized carbons (Fsp3) is 0.188. The van der Waals surface area contributed by atoms with Crippen LogP contribution in [0, 0.1) is 17.1 Å². The average Bonchev–Trinajstić information content (AvgIpc) is 2.46. The van der Waals surface area contributed by atoms with Crippen LogP contribution in [0.2, 0.25) is 0 Å². The van der Waals surface area contributed by atoms with Gasteiger partial charge in [-0.2, -0.15) is 18.4 Å². The van der Waals surface area contributed by atoms with Gasteiger partial charge < -0.3 is 4.74 Å². The van der Waals surface area contributed by atoms with Gasteiger partial charge in [-0.15, -0.1) is 0 Å². The predicted octanol–water partition coefficient (Wildman–Crippen LogP) is 4.86. The van der Waals surface area contributed by atoms with E-state index in [1.54, 1.807) is 6.07 Å². The summed E-state index contributed by atoms with van der Waals surface area (Å²) < 4.78 is 57.6.